The number of carboxylic acids is 1. The van der Waals surface area contributed by atoms with Gasteiger partial charge < -0.3 is 20.1 Å². The van der Waals surface area contributed by atoms with Gasteiger partial charge in [0.2, 0.25) is 12.6 Å². The Morgan fingerprint density at radius 2 is 1.85 bits per heavy atom. The number of aromatic carboxylic acids is 1. The number of ether oxygens (including phenoxy) is 1. The highest BCUT2D eigenvalue weighted by Crippen LogP contribution is 2.45. The Morgan fingerprint density at radius 1 is 1.20 bits per heavy atom. The fourth-order valence-electron chi connectivity index (χ4n) is 1.89. The Hall–Kier alpha value is -2.76. The van der Waals surface area contributed by atoms with Crippen LogP contribution in [0.1, 0.15) is 10.4 Å². The third-order valence-electron chi connectivity index (χ3n) is 2.73. The number of alkyl halides is 1. The average Bonchev–Trinajstić information content (AvgIpc) is 2.44. The van der Waals surface area contributed by atoms with Crippen molar-refractivity contribution < 1.29 is 29.2 Å². The van der Waals surface area contributed by atoms with Crippen LogP contribution in [0.15, 0.2) is 36.4 Å². The number of phenols is 2. The van der Waals surface area contributed by atoms with Gasteiger partial charge in [-0.3, -0.25) is 0 Å². The number of benzene rings is 2. The van der Waals surface area contributed by atoms with Gasteiger partial charge in [-0.05, 0) is 11.6 Å². The van der Waals surface area contributed by atoms with E-state index in [4.69, 9.17) is 0 Å². The van der Waals surface area contributed by atoms with Gasteiger partial charge >= 0.3 is 5.97 Å². The second-order valence-electron chi connectivity index (χ2n) is 3.92. The van der Waals surface area contributed by atoms with Crippen LogP contribution in [0.5, 0.6) is 17.2 Å². The number of aromatic hydroxyl groups is 2. The van der Waals surface area contributed by atoms with Crippen LogP contribution in [0.25, 0.3) is 11.1 Å². The number of hydrogen-bond donors (Lipinski definition) is 3. The normalized spacial score (nSPS) is 10.2. The second-order valence-corrected chi connectivity index (χ2v) is 3.92. The van der Waals surface area contributed by atoms with Crippen LogP contribution in [0, 0.1) is 0 Å². The lowest BCUT2D eigenvalue weighted by Gasteiger charge is -2.15. The Kier molecular flexibility index (Phi) is 3.74. The molecule has 0 unspecified atom stereocenters. The van der Waals surface area contributed by atoms with Crippen molar-refractivity contribution in [2.45, 2.75) is 0 Å². The highest BCUT2D eigenvalue weighted by Gasteiger charge is 2.23. The molecule has 0 aliphatic heterocycles. The zero-order valence-corrected chi connectivity index (χ0v) is 10.2. The van der Waals surface area contributed by atoms with Gasteiger partial charge in [0, 0.05) is 5.56 Å². The summed E-state index contributed by atoms with van der Waals surface area (Å²) in [6.45, 7) is -1.27. The lowest BCUT2D eigenvalue weighted by molar-refractivity contribution is 0.0696. The maximum absolute atomic E-state index is 12.5. The van der Waals surface area contributed by atoms with E-state index < -0.39 is 30.1 Å². The maximum atomic E-state index is 12.5. The van der Waals surface area contributed by atoms with Crippen LogP contribution in [0.4, 0.5) is 4.39 Å². The Labute approximate surface area is 113 Å². The van der Waals surface area contributed by atoms with E-state index in [0.29, 0.717) is 5.56 Å². The van der Waals surface area contributed by atoms with E-state index in [1.165, 1.54) is 0 Å². The van der Waals surface area contributed by atoms with Crippen molar-refractivity contribution in [2.75, 3.05) is 6.86 Å². The molecular formula is C14H11FO5. The minimum absolute atomic E-state index is 0.00560. The van der Waals surface area contributed by atoms with Crippen molar-refractivity contribution in [1.29, 1.82) is 0 Å². The standard InChI is InChI=1S/C14H11FO5/c15-7-20-13-11(8-4-2-1-3-5-8)9(14(18)19)6-10(16)12(13)17/h1-6,16-17H,7H2,(H,18,19). The summed E-state index contributed by atoms with van der Waals surface area (Å²) in [5.74, 6) is -3.13. The van der Waals surface area contributed by atoms with Gasteiger partial charge in [0.15, 0.2) is 11.5 Å². The molecule has 6 heteroatoms. The topological polar surface area (TPSA) is 87.0 Å². The van der Waals surface area contributed by atoms with Crippen molar-refractivity contribution in [2.24, 2.45) is 0 Å². The van der Waals surface area contributed by atoms with E-state index in [-0.39, 0.29) is 11.1 Å². The molecule has 0 fully saturated rings. The predicted molar refractivity (Wildman–Crippen MR) is 68.8 cm³/mol. The molecule has 0 aromatic heterocycles. The number of rotatable bonds is 4. The maximum Gasteiger partial charge on any atom is 0.336 e. The fourth-order valence-corrected chi connectivity index (χ4v) is 1.89. The van der Waals surface area contributed by atoms with Crippen molar-refractivity contribution in [3.63, 3.8) is 0 Å². The van der Waals surface area contributed by atoms with Gasteiger partial charge in [-0.1, -0.05) is 30.3 Å². The summed E-state index contributed by atoms with van der Waals surface area (Å²) in [6.07, 6.45) is 0. The predicted octanol–water partition coefficient (Wildman–Crippen LogP) is 2.77. The minimum atomic E-state index is -1.33. The van der Waals surface area contributed by atoms with E-state index >= 15 is 0 Å². The number of hydrogen-bond acceptors (Lipinski definition) is 4. The number of carbonyl (C=O) groups is 1. The molecule has 104 valence electrons. The molecule has 0 saturated heterocycles. The lowest BCUT2D eigenvalue weighted by Crippen LogP contribution is -2.03. The molecule has 0 atom stereocenters. The van der Waals surface area contributed by atoms with Gasteiger partial charge in [-0.25, -0.2) is 9.18 Å². The molecule has 5 nitrogen and oxygen atoms in total. The first-order chi connectivity index (χ1) is 9.56. The first-order valence-electron chi connectivity index (χ1n) is 5.62. The fraction of sp³-hybridized carbons (Fsp3) is 0.0714. The van der Waals surface area contributed by atoms with Gasteiger partial charge in [0.25, 0.3) is 0 Å². The molecule has 0 aliphatic carbocycles. The molecule has 0 aliphatic rings. The van der Waals surface area contributed by atoms with Crippen molar-refractivity contribution >= 4 is 5.97 Å². The number of phenolic OH excluding ortho intramolecular Hbond substituents is 2. The van der Waals surface area contributed by atoms with Gasteiger partial charge in [0.05, 0.1) is 5.56 Å². The minimum Gasteiger partial charge on any atom is -0.504 e. The summed E-state index contributed by atoms with van der Waals surface area (Å²) in [5, 5.41) is 28.4. The molecule has 0 heterocycles. The summed E-state index contributed by atoms with van der Waals surface area (Å²) in [5.41, 5.74) is 0.129. The summed E-state index contributed by atoms with van der Waals surface area (Å²) in [6, 6.07) is 9.10. The van der Waals surface area contributed by atoms with E-state index in [1.54, 1.807) is 30.3 Å². The Bertz CT molecular complexity index is 640. The highest BCUT2D eigenvalue weighted by molar-refractivity contribution is 5.99. The molecule has 0 radical (unpaired) electrons. The quantitative estimate of drug-likeness (QED) is 0.748. The molecule has 2 aromatic rings. The number of carboxylic acid groups (broad SMARTS) is 1. The zero-order valence-electron chi connectivity index (χ0n) is 10.2. The van der Waals surface area contributed by atoms with Crippen LogP contribution in [-0.4, -0.2) is 28.1 Å². The third kappa shape index (κ3) is 2.35. The van der Waals surface area contributed by atoms with E-state index in [2.05, 4.69) is 4.74 Å². The van der Waals surface area contributed by atoms with Crippen molar-refractivity contribution in [3.05, 3.63) is 42.0 Å². The smallest absolute Gasteiger partial charge is 0.336 e. The van der Waals surface area contributed by atoms with E-state index in [1.807, 2.05) is 0 Å². The molecule has 2 rings (SSSR count). The SMILES string of the molecule is O=C(O)c1cc(O)c(O)c(OCF)c1-c1ccccc1. The zero-order chi connectivity index (χ0) is 14.7. The van der Waals surface area contributed by atoms with Crippen LogP contribution in [0.2, 0.25) is 0 Å². The summed E-state index contributed by atoms with van der Waals surface area (Å²) >= 11 is 0. The molecule has 0 bridgehead atoms. The summed E-state index contributed by atoms with van der Waals surface area (Å²) in [4.78, 5) is 11.3. The molecular weight excluding hydrogens is 267 g/mol. The molecule has 0 saturated carbocycles. The Balaban J connectivity index is 2.80. The van der Waals surface area contributed by atoms with Gasteiger partial charge in [-0.2, -0.15) is 0 Å². The largest absolute Gasteiger partial charge is 0.504 e. The van der Waals surface area contributed by atoms with Crippen molar-refractivity contribution in [1.82, 2.24) is 0 Å². The molecule has 2 aromatic carbocycles. The summed E-state index contributed by atoms with van der Waals surface area (Å²) < 4.78 is 17.1. The van der Waals surface area contributed by atoms with E-state index in [0.717, 1.165) is 6.07 Å². The van der Waals surface area contributed by atoms with Crippen LogP contribution in [-0.2, 0) is 0 Å². The molecule has 20 heavy (non-hydrogen) atoms. The Morgan fingerprint density at radius 3 is 2.40 bits per heavy atom. The summed E-state index contributed by atoms with van der Waals surface area (Å²) in [7, 11) is 0. The van der Waals surface area contributed by atoms with Gasteiger partial charge in [0.1, 0.15) is 0 Å². The van der Waals surface area contributed by atoms with Crippen LogP contribution in [0.3, 0.4) is 0 Å². The van der Waals surface area contributed by atoms with E-state index in [9.17, 15) is 24.5 Å². The monoisotopic (exact) mass is 278 g/mol. The lowest BCUT2D eigenvalue weighted by atomic mass is 9.97. The second kappa shape index (κ2) is 5.48. The molecule has 3 N–H and O–H groups in total. The first-order valence-corrected chi connectivity index (χ1v) is 5.62. The number of halogens is 1. The third-order valence-corrected chi connectivity index (χ3v) is 2.73. The first kappa shape index (κ1) is 13.7. The molecule has 0 amide bonds. The van der Waals surface area contributed by atoms with Crippen LogP contribution < -0.4 is 4.74 Å². The average molecular weight is 278 g/mol. The van der Waals surface area contributed by atoms with Crippen LogP contribution >= 0.6 is 0 Å². The molecule has 0 spiro atoms. The highest BCUT2D eigenvalue weighted by atomic mass is 19.1. The van der Waals surface area contributed by atoms with Gasteiger partial charge in [-0.15, -0.1) is 0 Å². The van der Waals surface area contributed by atoms with Crippen molar-refractivity contribution in [3.8, 4) is 28.4 Å².